The highest BCUT2D eigenvalue weighted by atomic mass is 19.1. The van der Waals surface area contributed by atoms with Crippen LogP contribution in [-0.4, -0.2) is 45.5 Å². The second kappa shape index (κ2) is 6.38. The molecule has 1 amide bonds. The maximum atomic E-state index is 13.0. The first-order valence-electron chi connectivity index (χ1n) is 8.38. The molecule has 0 saturated carbocycles. The van der Waals surface area contributed by atoms with Crippen LogP contribution in [0, 0.1) is 5.82 Å². The molecule has 2 N–H and O–H groups in total. The monoisotopic (exact) mass is 355 g/mol. The second-order valence-corrected chi connectivity index (χ2v) is 6.57. The van der Waals surface area contributed by atoms with Gasteiger partial charge in [0.05, 0.1) is 5.69 Å². The highest BCUT2D eigenvalue weighted by molar-refractivity contribution is 6.08. The topological polar surface area (TPSA) is 82.5 Å². The van der Waals surface area contributed by atoms with Gasteiger partial charge in [0.25, 0.3) is 11.5 Å². The van der Waals surface area contributed by atoms with Crippen LogP contribution in [0.15, 0.2) is 41.3 Å². The van der Waals surface area contributed by atoms with Gasteiger partial charge in [-0.15, -0.1) is 0 Å². The molecule has 0 aliphatic carbocycles. The van der Waals surface area contributed by atoms with Crippen LogP contribution in [0.1, 0.15) is 28.4 Å². The van der Waals surface area contributed by atoms with Gasteiger partial charge < -0.3 is 10.2 Å². The third-order valence-electron chi connectivity index (χ3n) is 4.67. The van der Waals surface area contributed by atoms with E-state index in [0.717, 1.165) is 19.5 Å². The number of nitrogens with zero attached hydrogens (tertiary/aromatic N) is 3. The average Bonchev–Trinajstić information content (AvgIpc) is 3.23. The number of rotatable bonds is 3. The number of aromatic amines is 1. The molecule has 1 fully saturated rings. The number of anilines is 1. The van der Waals surface area contributed by atoms with Gasteiger partial charge in [0, 0.05) is 30.4 Å². The Morgan fingerprint density at radius 1 is 1.35 bits per heavy atom. The third kappa shape index (κ3) is 2.99. The summed E-state index contributed by atoms with van der Waals surface area (Å²) in [6, 6.07) is 7.00. The number of fused-ring (bicyclic) bond motifs is 1. The van der Waals surface area contributed by atoms with Crippen molar-refractivity contribution in [1.82, 2.24) is 19.5 Å². The Kier molecular flexibility index (Phi) is 4.04. The molecule has 26 heavy (non-hydrogen) atoms. The molecule has 1 unspecified atom stereocenters. The molecule has 3 heterocycles. The largest absolute Gasteiger partial charge is 0.322 e. The molecule has 4 rings (SSSR count). The van der Waals surface area contributed by atoms with Crippen LogP contribution in [-0.2, 0) is 0 Å². The summed E-state index contributed by atoms with van der Waals surface area (Å²) in [5.41, 5.74) is 1.48. The molecule has 1 saturated heterocycles. The Morgan fingerprint density at radius 2 is 2.12 bits per heavy atom. The van der Waals surface area contributed by atoms with Gasteiger partial charge >= 0.3 is 0 Å². The van der Waals surface area contributed by atoms with Crippen LogP contribution < -0.4 is 10.9 Å². The average molecular weight is 355 g/mol. The molecule has 134 valence electrons. The van der Waals surface area contributed by atoms with Gasteiger partial charge in [-0.05, 0) is 44.3 Å². The van der Waals surface area contributed by atoms with Crippen molar-refractivity contribution in [2.24, 2.45) is 0 Å². The van der Waals surface area contributed by atoms with Crippen molar-refractivity contribution in [1.29, 1.82) is 0 Å². The Bertz CT molecular complexity index is 1020. The molecule has 2 aromatic heterocycles. The minimum absolute atomic E-state index is 0.181. The normalized spacial score (nSPS) is 17.7. The van der Waals surface area contributed by atoms with E-state index in [9.17, 15) is 14.0 Å². The van der Waals surface area contributed by atoms with Gasteiger partial charge in [0.1, 0.15) is 11.4 Å². The minimum Gasteiger partial charge on any atom is -0.322 e. The van der Waals surface area contributed by atoms with Crippen LogP contribution in [0.4, 0.5) is 10.1 Å². The number of H-pyrrole nitrogens is 1. The van der Waals surface area contributed by atoms with Crippen molar-refractivity contribution in [3.8, 4) is 0 Å². The fraction of sp³-hybridized carbons (Fsp3) is 0.278. The molecule has 8 heteroatoms. The highest BCUT2D eigenvalue weighted by Crippen LogP contribution is 2.24. The number of carbonyl (C=O) groups is 1. The first-order valence-corrected chi connectivity index (χ1v) is 8.38. The summed E-state index contributed by atoms with van der Waals surface area (Å²) in [6.07, 6.45) is 2.38. The summed E-state index contributed by atoms with van der Waals surface area (Å²) in [5.74, 6) is -0.613. The molecule has 3 aromatic rings. The van der Waals surface area contributed by atoms with Crippen molar-refractivity contribution < 1.29 is 9.18 Å². The third-order valence-corrected chi connectivity index (χ3v) is 4.67. The number of halogens is 1. The van der Waals surface area contributed by atoms with Crippen molar-refractivity contribution in [2.75, 3.05) is 25.5 Å². The van der Waals surface area contributed by atoms with E-state index in [2.05, 4.69) is 20.3 Å². The van der Waals surface area contributed by atoms with Crippen molar-refractivity contribution in [2.45, 2.75) is 12.3 Å². The number of benzene rings is 1. The Labute approximate surface area is 148 Å². The number of likely N-dealkylation sites (tertiary alicyclic amines) is 1. The standard InChI is InChI=1S/C18H18FN5O2/c1-23-7-6-11(10-23)15-8-16(25)24-17(22-15)14(9-20-24)18(26)21-13-4-2-12(19)3-5-13/h2-5,8-9,11,20H,6-7,10H2,1H3,(H,21,26). The van der Waals surface area contributed by atoms with Crippen LogP contribution >= 0.6 is 0 Å². The summed E-state index contributed by atoms with van der Waals surface area (Å²) in [6.45, 7) is 1.79. The zero-order valence-electron chi connectivity index (χ0n) is 14.2. The lowest BCUT2D eigenvalue weighted by Crippen LogP contribution is -2.20. The quantitative estimate of drug-likeness (QED) is 0.751. The Balaban J connectivity index is 1.68. The molecule has 7 nitrogen and oxygen atoms in total. The summed E-state index contributed by atoms with van der Waals surface area (Å²) < 4.78 is 14.3. The van der Waals surface area contributed by atoms with Crippen molar-refractivity contribution >= 4 is 17.2 Å². The molecule has 1 atom stereocenters. The number of likely N-dealkylation sites (N-methyl/N-ethyl adjacent to an activating group) is 1. The number of nitrogens with one attached hydrogen (secondary N) is 2. The lowest BCUT2D eigenvalue weighted by molar-refractivity contribution is 0.102. The second-order valence-electron chi connectivity index (χ2n) is 6.57. The van der Waals surface area contributed by atoms with E-state index >= 15 is 0 Å². The molecule has 1 aliphatic rings. The lowest BCUT2D eigenvalue weighted by atomic mass is 10.0. The Morgan fingerprint density at radius 3 is 2.81 bits per heavy atom. The van der Waals surface area contributed by atoms with Crippen molar-refractivity contribution in [3.63, 3.8) is 0 Å². The summed E-state index contributed by atoms with van der Waals surface area (Å²) in [7, 11) is 2.03. The lowest BCUT2D eigenvalue weighted by Gasteiger charge is -2.10. The molecule has 0 spiro atoms. The van der Waals surface area contributed by atoms with E-state index in [1.165, 1.54) is 41.0 Å². The van der Waals surface area contributed by atoms with E-state index < -0.39 is 5.91 Å². The van der Waals surface area contributed by atoms with Gasteiger partial charge in [-0.2, -0.15) is 0 Å². The van der Waals surface area contributed by atoms with Gasteiger partial charge in [-0.25, -0.2) is 13.9 Å². The number of amides is 1. The van der Waals surface area contributed by atoms with Gasteiger partial charge in [-0.3, -0.25) is 14.7 Å². The van der Waals surface area contributed by atoms with Crippen LogP contribution in [0.3, 0.4) is 0 Å². The number of aromatic nitrogens is 3. The van der Waals surface area contributed by atoms with E-state index in [1.807, 2.05) is 7.05 Å². The van der Waals surface area contributed by atoms with E-state index in [1.54, 1.807) is 0 Å². The number of carbonyl (C=O) groups excluding carboxylic acids is 1. The molecular formula is C18H18FN5O2. The fourth-order valence-corrected chi connectivity index (χ4v) is 3.28. The highest BCUT2D eigenvalue weighted by Gasteiger charge is 2.24. The van der Waals surface area contributed by atoms with E-state index in [-0.39, 0.29) is 22.9 Å². The predicted octanol–water partition coefficient (Wildman–Crippen LogP) is 1.83. The fourth-order valence-electron chi connectivity index (χ4n) is 3.28. The van der Waals surface area contributed by atoms with Gasteiger partial charge in [0.2, 0.25) is 0 Å². The SMILES string of the molecule is CN1CCC(c2cc(=O)n3[nH]cc(C(=O)Nc4ccc(F)cc4)c3n2)C1. The van der Waals surface area contributed by atoms with E-state index in [0.29, 0.717) is 17.0 Å². The summed E-state index contributed by atoms with van der Waals surface area (Å²) in [4.78, 5) is 31.7. The van der Waals surface area contributed by atoms with E-state index in [4.69, 9.17) is 0 Å². The van der Waals surface area contributed by atoms with Crippen LogP contribution in [0.2, 0.25) is 0 Å². The summed E-state index contributed by atoms with van der Waals surface area (Å²) in [5, 5.41) is 5.46. The number of hydrogen-bond acceptors (Lipinski definition) is 4. The molecule has 1 aromatic carbocycles. The van der Waals surface area contributed by atoms with Crippen LogP contribution in [0.5, 0.6) is 0 Å². The van der Waals surface area contributed by atoms with Crippen molar-refractivity contribution in [3.05, 3.63) is 64.0 Å². The smallest absolute Gasteiger partial charge is 0.272 e. The maximum absolute atomic E-state index is 13.0. The molecule has 1 aliphatic heterocycles. The predicted molar refractivity (Wildman–Crippen MR) is 95.0 cm³/mol. The molecule has 0 bridgehead atoms. The first-order chi connectivity index (χ1) is 12.5. The van der Waals surface area contributed by atoms with Crippen LogP contribution in [0.25, 0.3) is 5.65 Å². The summed E-state index contributed by atoms with van der Waals surface area (Å²) >= 11 is 0. The zero-order chi connectivity index (χ0) is 18.3. The maximum Gasteiger partial charge on any atom is 0.272 e. The molecular weight excluding hydrogens is 337 g/mol. The minimum atomic E-state index is -0.414. The first kappa shape index (κ1) is 16.5. The number of hydrogen-bond donors (Lipinski definition) is 2. The van der Waals surface area contributed by atoms with Gasteiger partial charge in [-0.1, -0.05) is 0 Å². The Hall–Kier alpha value is -3.00. The molecule has 0 radical (unpaired) electrons. The van der Waals surface area contributed by atoms with Gasteiger partial charge in [0.15, 0.2) is 5.65 Å². The zero-order valence-corrected chi connectivity index (χ0v) is 14.2.